The van der Waals surface area contributed by atoms with Crippen LogP contribution in [0.1, 0.15) is 6.92 Å². The van der Waals surface area contributed by atoms with Crippen molar-refractivity contribution in [3.63, 3.8) is 0 Å². The van der Waals surface area contributed by atoms with Gasteiger partial charge in [0.1, 0.15) is 22.5 Å². The van der Waals surface area contributed by atoms with Gasteiger partial charge in [-0.05, 0) is 31.2 Å². The molecule has 0 fully saturated rings. The summed E-state index contributed by atoms with van der Waals surface area (Å²) in [5, 5.41) is 19.1. The van der Waals surface area contributed by atoms with E-state index in [4.69, 9.17) is 16.3 Å². The molecule has 0 aliphatic rings. The van der Waals surface area contributed by atoms with Crippen LogP contribution in [0, 0.1) is 6.07 Å². The first kappa shape index (κ1) is 12.7. The number of aromatic nitrogens is 3. The molecule has 3 aromatic rings. The largest absolute Gasteiger partial charge is 0.505 e. The zero-order chi connectivity index (χ0) is 14.1. The molecule has 101 valence electrons. The fraction of sp³-hybridized carbons (Fsp3) is 0.143. The maximum atomic E-state index is 9.90. The molecule has 1 aromatic heterocycles. The van der Waals surface area contributed by atoms with Gasteiger partial charge in [0.2, 0.25) is 0 Å². The van der Waals surface area contributed by atoms with Crippen LogP contribution in [0.2, 0.25) is 5.02 Å². The number of hydrogen-bond acceptors (Lipinski definition) is 4. The molecule has 1 N–H and O–H groups in total. The first-order valence-electron chi connectivity index (χ1n) is 6.08. The van der Waals surface area contributed by atoms with E-state index < -0.39 is 0 Å². The van der Waals surface area contributed by atoms with E-state index in [1.807, 2.05) is 6.92 Å². The smallest absolute Gasteiger partial charge is 0.151 e. The third-order valence-electron chi connectivity index (χ3n) is 2.74. The molecule has 0 aliphatic carbocycles. The molecule has 0 amide bonds. The lowest BCUT2D eigenvalue weighted by atomic mass is 10.3. The van der Waals surface area contributed by atoms with E-state index in [0.717, 1.165) is 0 Å². The van der Waals surface area contributed by atoms with E-state index in [1.165, 1.54) is 4.80 Å². The van der Waals surface area contributed by atoms with Crippen LogP contribution in [0.4, 0.5) is 0 Å². The fourth-order valence-electron chi connectivity index (χ4n) is 1.86. The number of hydrogen-bond donors (Lipinski definition) is 1. The lowest BCUT2D eigenvalue weighted by Gasteiger charge is -2.06. The van der Waals surface area contributed by atoms with Crippen molar-refractivity contribution in [1.29, 1.82) is 0 Å². The highest BCUT2D eigenvalue weighted by Crippen LogP contribution is 2.26. The predicted molar refractivity (Wildman–Crippen MR) is 75.5 cm³/mol. The Morgan fingerprint density at radius 2 is 2.10 bits per heavy atom. The number of phenolic OH excluding ortho intramolecular Hbond substituents is 1. The van der Waals surface area contributed by atoms with Gasteiger partial charge in [0.25, 0.3) is 0 Å². The Hall–Kier alpha value is -2.27. The van der Waals surface area contributed by atoms with E-state index in [1.54, 1.807) is 30.3 Å². The second-order valence-corrected chi connectivity index (χ2v) is 4.56. The molecule has 5 nitrogen and oxygen atoms in total. The van der Waals surface area contributed by atoms with E-state index in [-0.39, 0.29) is 5.75 Å². The minimum atomic E-state index is -0.0418. The number of benzene rings is 2. The summed E-state index contributed by atoms with van der Waals surface area (Å²) in [6.45, 7) is 2.41. The summed E-state index contributed by atoms with van der Waals surface area (Å²) in [5.41, 5.74) is 1.75. The van der Waals surface area contributed by atoms with Gasteiger partial charge in [0, 0.05) is 17.2 Å². The molecular formula is C14H11ClN3O2. The Labute approximate surface area is 120 Å². The van der Waals surface area contributed by atoms with Gasteiger partial charge in [-0.15, -0.1) is 15.0 Å². The Kier molecular flexibility index (Phi) is 3.20. The third kappa shape index (κ3) is 2.28. The maximum absolute atomic E-state index is 9.90. The van der Waals surface area contributed by atoms with Crippen molar-refractivity contribution in [2.24, 2.45) is 0 Å². The van der Waals surface area contributed by atoms with Gasteiger partial charge < -0.3 is 9.84 Å². The Morgan fingerprint density at radius 3 is 2.90 bits per heavy atom. The molecule has 3 rings (SSSR count). The molecule has 0 atom stereocenters. The first-order valence-corrected chi connectivity index (χ1v) is 6.45. The van der Waals surface area contributed by atoms with Crippen LogP contribution in [0.25, 0.3) is 16.7 Å². The van der Waals surface area contributed by atoms with E-state index in [0.29, 0.717) is 34.1 Å². The quantitative estimate of drug-likeness (QED) is 0.805. The summed E-state index contributed by atoms with van der Waals surface area (Å²) in [6.07, 6.45) is 0. The molecule has 20 heavy (non-hydrogen) atoms. The molecule has 0 spiro atoms. The van der Waals surface area contributed by atoms with Crippen molar-refractivity contribution in [2.45, 2.75) is 6.92 Å². The van der Waals surface area contributed by atoms with Gasteiger partial charge in [-0.3, -0.25) is 0 Å². The van der Waals surface area contributed by atoms with Crippen molar-refractivity contribution < 1.29 is 9.84 Å². The summed E-state index contributed by atoms with van der Waals surface area (Å²) < 4.78 is 5.38. The van der Waals surface area contributed by atoms with Crippen LogP contribution in [-0.2, 0) is 0 Å². The average molecular weight is 289 g/mol. The normalized spacial score (nSPS) is 10.9. The summed E-state index contributed by atoms with van der Waals surface area (Å²) in [7, 11) is 0. The molecule has 1 heterocycles. The van der Waals surface area contributed by atoms with Gasteiger partial charge in [-0.1, -0.05) is 11.6 Å². The Balaban J connectivity index is 2.12. The van der Waals surface area contributed by atoms with Crippen molar-refractivity contribution in [2.75, 3.05) is 6.61 Å². The zero-order valence-electron chi connectivity index (χ0n) is 10.7. The second-order valence-electron chi connectivity index (χ2n) is 4.12. The molecule has 0 saturated carbocycles. The number of rotatable bonds is 3. The molecule has 6 heteroatoms. The van der Waals surface area contributed by atoms with Gasteiger partial charge in [0.05, 0.1) is 6.61 Å². The second kappa shape index (κ2) is 5.02. The fourth-order valence-corrected chi connectivity index (χ4v) is 2.02. The topological polar surface area (TPSA) is 60.2 Å². The summed E-state index contributed by atoms with van der Waals surface area (Å²) >= 11 is 5.92. The number of fused-ring (bicyclic) bond motifs is 1. The van der Waals surface area contributed by atoms with E-state index in [9.17, 15) is 5.11 Å². The molecule has 0 bridgehead atoms. The van der Waals surface area contributed by atoms with Gasteiger partial charge in [-0.2, -0.15) is 0 Å². The summed E-state index contributed by atoms with van der Waals surface area (Å²) in [4.78, 5) is 1.34. The highest BCUT2D eigenvalue weighted by molar-refractivity contribution is 6.31. The predicted octanol–water partition coefficient (Wildman–Crippen LogP) is 2.98. The molecule has 0 unspecified atom stereocenters. The molecular weight excluding hydrogens is 278 g/mol. The molecule has 2 aromatic carbocycles. The Morgan fingerprint density at radius 1 is 1.30 bits per heavy atom. The van der Waals surface area contributed by atoms with Crippen molar-refractivity contribution >= 4 is 22.6 Å². The first-order chi connectivity index (χ1) is 9.67. The van der Waals surface area contributed by atoms with Crippen molar-refractivity contribution in [3.05, 3.63) is 41.4 Å². The lowest BCUT2D eigenvalue weighted by molar-refractivity contribution is 0.339. The maximum Gasteiger partial charge on any atom is 0.151 e. The standard InChI is InChI=1S/C14H11ClN3O2/c1-2-20-10-4-6-14(19)13(8-10)18-16-11-5-3-9(15)7-12(11)17-18/h3-5,7-8,19H,2H2,1H3. The van der Waals surface area contributed by atoms with Crippen molar-refractivity contribution in [3.8, 4) is 17.2 Å². The van der Waals surface area contributed by atoms with Crippen LogP contribution in [-0.4, -0.2) is 26.7 Å². The number of nitrogens with zero attached hydrogens (tertiary/aromatic N) is 3. The molecule has 1 radical (unpaired) electrons. The minimum Gasteiger partial charge on any atom is -0.505 e. The number of aromatic hydroxyl groups is 1. The van der Waals surface area contributed by atoms with Crippen LogP contribution in [0.5, 0.6) is 11.5 Å². The zero-order valence-corrected chi connectivity index (χ0v) is 11.4. The summed E-state index contributed by atoms with van der Waals surface area (Å²) in [5.74, 6) is 0.555. The van der Waals surface area contributed by atoms with Crippen LogP contribution < -0.4 is 4.74 Å². The average Bonchev–Trinajstić information content (AvgIpc) is 2.84. The van der Waals surface area contributed by atoms with Crippen LogP contribution in [0.3, 0.4) is 0 Å². The van der Waals surface area contributed by atoms with Crippen LogP contribution >= 0.6 is 11.6 Å². The van der Waals surface area contributed by atoms with Gasteiger partial charge in [0.15, 0.2) is 5.75 Å². The van der Waals surface area contributed by atoms with Crippen molar-refractivity contribution in [1.82, 2.24) is 15.0 Å². The highest BCUT2D eigenvalue weighted by Gasteiger charge is 2.10. The lowest BCUT2D eigenvalue weighted by Crippen LogP contribution is -2.00. The van der Waals surface area contributed by atoms with E-state index >= 15 is 0 Å². The van der Waals surface area contributed by atoms with Gasteiger partial charge in [-0.25, -0.2) is 0 Å². The van der Waals surface area contributed by atoms with Crippen LogP contribution in [0.15, 0.2) is 30.3 Å². The van der Waals surface area contributed by atoms with Gasteiger partial charge >= 0.3 is 0 Å². The summed E-state index contributed by atoms with van der Waals surface area (Å²) in [6, 6.07) is 11.2. The monoisotopic (exact) mass is 288 g/mol. The number of halogens is 1. The number of phenols is 1. The molecule has 0 aliphatic heterocycles. The molecule has 0 saturated heterocycles. The Bertz CT molecular complexity index is 770. The third-order valence-corrected chi connectivity index (χ3v) is 2.98. The minimum absolute atomic E-state index is 0.0418. The highest BCUT2D eigenvalue weighted by atomic mass is 35.5. The number of ether oxygens (including phenoxy) is 1. The van der Waals surface area contributed by atoms with E-state index in [2.05, 4.69) is 16.3 Å². The SMILES string of the molecule is CCOc1c[c]c(O)c(-n2nc3ccc(Cl)cc3n2)c1.